The molecule has 1 aliphatic carbocycles. The molecular weight excluding hydrogens is 252 g/mol. The van der Waals surface area contributed by atoms with E-state index in [0.717, 1.165) is 0 Å². The van der Waals surface area contributed by atoms with E-state index in [-0.39, 0.29) is 22.9 Å². The van der Waals surface area contributed by atoms with Crippen LogP contribution < -0.4 is 0 Å². The summed E-state index contributed by atoms with van der Waals surface area (Å²) in [5.74, 6) is -2.80. The smallest absolute Gasteiger partial charge is 0.257 e. The number of carbonyl (C=O) groups excluding carboxylic acids is 2. The SMILES string of the molecule is COC1C(C(C)=O)C(=O)c2ccoc2C1(OC)OC. The summed E-state index contributed by atoms with van der Waals surface area (Å²) in [6.07, 6.45) is 0.469. The maximum Gasteiger partial charge on any atom is 0.257 e. The summed E-state index contributed by atoms with van der Waals surface area (Å²) >= 11 is 0. The average Bonchev–Trinajstić information content (AvgIpc) is 2.88. The molecule has 2 atom stereocenters. The van der Waals surface area contributed by atoms with Crippen molar-refractivity contribution in [1.82, 2.24) is 0 Å². The molecule has 6 heteroatoms. The first-order valence-electron chi connectivity index (χ1n) is 5.79. The van der Waals surface area contributed by atoms with Crippen LogP contribution in [0, 0.1) is 5.92 Å². The standard InChI is InChI=1S/C13H16O6/c1-7(14)9-10(15)8-5-6-19-11(8)13(17-3,18-4)12(9)16-2/h5-6,9,12H,1-4H3. The van der Waals surface area contributed by atoms with E-state index in [2.05, 4.69) is 0 Å². The Balaban J connectivity index is 2.68. The molecule has 0 fully saturated rings. The van der Waals surface area contributed by atoms with Gasteiger partial charge >= 0.3 is 0 Å². The summed E-state index contributed by atoms with van der Waals surface area (Å²) in [5, 5.41) is 0. The van der Waals surface area contributed by atoms with Crippen LogP contribution in [0.25, 0.3) is 0 Å². The van der Waals surface area contributed by atoms with Crippen molar-refractivity contribution in [2.24, 2.45) is 5.92 Å². The third-order valence-corrected chi connectivity index (χ3v) is 3.51. The lowest BCUT2D eigenvalue weighted by Gasteiger charge is -2.41. The molecular formula is C13H16O6. The minimum atomic E-state index is -1.40. The highest BCUT2D eigenvalue weighted by atomic mass is 16.7. The lowest BCUT2D eigenvalue weighted by atomic mass is 9.78. The Labute approximate surface area is 110 Å². The number of ketones is 2. The van der Waals surface area contributed by atoms with Crippen LogP contribution >= 0.6 is 0 Å². The molecule has 0 bridgehead atoms. The summed E-state index contributed by atoms with van der Waals surface area (Å²) in [6, 6.07) is 1.51. The fourth-order valence-corrected chi connectivity index (χ4v) is 2.62. The summed E-state index contributed by atoms with van der Waals surface area (Å²) in [7, 11) is 4.22. The largest absolute Gasteiger partial charge is 0.463 e. The first-order chi connectivity index (χ1) is 9.03. The van der Waals surface area contributed by atoms with E-state index in [9.17, 15) is 9.59 Å². The number of furan rings is 1. The van der Waals surface area contributed by atoms with Gasteiger partial charge in [0.2, 0.25) is 0 Å². The van der Waals surface area contributed by atoms with Crippen LogP contribution in [-0.2, 0) is 24.8 Å². The topological polar surface area (TPSA) is 75.0 Å². The van der Waals surface area contributed by atoms with Gasteiger partial charge in [0, 0.05) is 21.3 Å². The zero-order chi connectivity index (χ0) is 14.2. The first-order valence-corrected chi connectivity index (χ1v) is 5.79. The van der Waals surface area contributed by atoms with Gasteiger partial charge < -0.3 is 18.6 Å². The molecule has 2 rings (SSSR count). The lowest BCUT2D eigenvalue weighted by Crippen LogP contribution is -2.56. The van der Waals surface area contributed by atoms with Crippen molar-refractivity contribution in [3.63, 3.8) is 0 Å². The molecule has 0 aromatic carbocycles. The van der Waals surface area contributed by atoms with E-state index in [0.29, 0.717) is 0 Å². The third kappa shape index (κ3) is 1.75. The van der Waals surface area contributed by atoms with E-state index in [1.807, 2.05) is 0 Å². The zero-order valence-electron chi connectivity index (χ0n) is 11.3. The number of methoxy groups -OCH3 is 3. The number of Topliss-reactive ketones (excluding diaryl/α,β-unsaturated/α-hetero) is 2. The quantitative estimate of drug-likeness (QED) is 0.602. The predicted molar refractivity (Wildman–Crippen MR) is 63.7 cm³/mol. The van der Waals surface area contributed by atoms with Crippen LogP contribution in [-0.4, -0.2) is 39.0 Å². The third-order valence-electron chi connectivity index (χ3n) is 3.51. The van der Waals surface area contributed by atoms with Crippen molar-refractivity contribution in [1.29, 1.82) is 0 Å². The maximum atomic E-state index is 12.3. The molecule has 0 aliphatic heterocycles. The Bertz CT molecular complexity index is 499. The molecule has 19 heavy (non-hydrogen) atoms. The summed E-state index contributed by atoms with van der Waals surface area (Å²) in [5.41, 5.74) is 0.289. The van der Waals surface area contributed by atoms with Gasteiger partial charge in [-0.3, -0.25) is 9.59 Å². The molecule has 0 N–H and O–H groups in total. The highest BCUT2D eigenvalue weighted by Gasteiger charge is 2.58. The number of rotatable bonds is 4. The van der Waals surface area contributed by atoms with Gasteiger partial charge in [0.1, 0.15) is 17.8 Å². The van der Waals surface area contributed by atoms with Crippen LogP contribution in [0.15, 0.2) is 16.7 Å². The molecule has 6 nitrogen and oxygen atoms in total. The monoisotopic (exact) mass is 268 g/mol. The van der Waals surface area contributed by atoms with Gasteiger partial charge in [-0.05, 0) is 13.0 Å². The van der Waals surface area contributed by atoms with Crippen LogP contribution in [0.1, 0.15) is 23.0 Å². The Hall–Kier alpha value is -1.50. The number of hydrogen-bond acceptors (Lipinski definition) is 6. The van der Waals surface area contributed by atoms with E-state index >= 15 is 0 Å². The van der Waals surface area contributed by atoms with Crippen molar-refractivity contribution >= 4 is 11.6 Å². The summed E-state index contributed by atoms with van der Waals surface area (Å²) < 4.78 is 21.4. The van der Waals surface area contributed by atoms with Gasteiger partial charge in [-0.2, -0.15) is 0 Å². The van der Waals surface area contributed by atoms with Gasteiger partial charge in [0.25, 0.3) is 5.79 Å². The maximum absolute atomic E-state index is 12.3. The molecule has 2 unspecified atom stereocenters. The van der Waals surface area contributed by atoms with E-state index in [4.69, 9.17) is 18.6 Å². The number of hydrogen-bond donors (Lipinski definition) is 0. The molecule has 1 heterocycles. The summed E-state index contributed by atoms with van der Waals surface area (Å²) in [6.45, 7) is 1.34. The average molecular weight is 268 g/mol. The highest BCUT2D eigenvalue weighted by Crippen LogP contribution is 2.43. The second-order valence-corrected chi connectivity index (χ2v) is 4.35. The van der Waals surface area contributed by atoms with Crippen LogP contribution in [0.3, 0.4) is 0 Å². The molecule has 1 aromatic rings. The van der Waals surface area contributed by atoms with E-state index in [1.54, 1.807) is 0 Å². The second-order valence-electron chi connectivity index (χ2n) is 4.35. The van der Waals surface area contributed by atoms with Gasteiger partial charge in [-0.25, -0.2) is 0 Å². The van der Waals surface area contributed by atoms with Gasteiger partial charge in [0.05, 0.1) is 11.8 Å². The lowest BCUT2D eigenvalue weighted by molar-refractivity contribution is -0.291. The minimum Gasteiger partial charge on any atom is -0.463 e. The molecule has 104 valence electrons. The second kappa shape index (κ2) is 4.88. The Kier molecular flexibility index (Phi) is 3.58. The first kappa shape index (κ1) is 13.9. The normalized spacial score (nSPS) is 25.2. The highest BCUT2D eigenvalue weighted by molar-refractivity contribution is 6.12. The van der Waals surface area contributed by atoms with Crippen LogP contribution in [0.5, 0.6) is 0 Å². The van der Waals surface area contributed by atoms with Crippen molar-refractivity contribution in [2.75, 3.05) is 21.3 Å². The molecule has 1 aliphatic rings. The molecule has 0 radical (unpaired) electrons. The van der Waals surface area contributed by atoms with E-state index in [1.165, 1.54) is 40.6 Å². The Morgan fingerprint density at radius 2 is 1.95 bits per heavy atom. The van der Waals surface area contributed by atoms with Gasteiger partial charge in [-0.1, -0.05) is 0 Å². The number of ether oxygens (including phenoxy) is 3. The van der Waals surface area contributed by atoms with Crippen molar-refractivity contribution in [3.05, 3.63) is 23.7 Å². The number of fused-ring (bicyclic) bond motifs is 1. The minimum absolute atomic E-state index is 0.229. The predicted octanol–water partition coefficient (Wildman–Crippen LogP) is 1.14. The van der Waals surface area contributed by atoms with Gasteiger partial charge in [0.15, 0.2) is 11.5 Å². The van der Waals surface area contributed by atoms with Crippen molar-refractivity contribution in [3.8, 4) is 0 Å². The van der Waals surface area contributed by atoms with Gasteiger partial charge in [-0.15, -0.1) is 0 Å². The fraction of sp³-hybridized carbons (Fsp3) is 0.538. The van der Waals surface area contributed by atoms with Crippen molar-refractivity contribution in [2.45, 2.75) is 18.8 Å². The Morgan fingerprint density at radius 1 is 1.32 bits per heavy atom. The molecule has 1 aromatic heterocycles. The van der Waals surface area contributed by atoms with E-state index < -0.39 is 17.8 Å². The number of carbonyl (C=O) groups is 2. The van der Waals surface area contributed by atoms with Crippen molar-refractivity contribution < 1.29 is 28.2 Å². The fourth-order valence-electron chi connectivity index (χ4n) is 2.62. The summed E-state index contributed by atoms with van der Waals surface area (Å²) in [4.78, 5) is 24.1. The zero-order valence-corrected chi connectivity index (χ0v) is 11.3. The van der Waals surface area contributed by atoms with Crippen LogP contribution in [0.4, 0.5) is 0 Å². The molecule has 0 saturated carbocycles. The van der Waals surface area contributed by atoms with Crippen LogP contribution in [0.2, 0.25) is 0 Å². The molecule has 0 spiro atoms. The molecule has 0 amide bonds. The molecule has 0 saturated heterocycles. The Morgan fingerprint density at radius 3 is 2.42 bits per heavy atom.